The van der Waals surface area contributed by atoms with E-state index in [1.54, 1.807) is 43.3 Å². The number of carbonyl (C=O) groups is 2. The van der Waals surface area contributed by atoms with E-state index in [-0.39, 0.29) is 11.8 Å². The summed E-state index contributed by atoms with van der Waals surface area (Å²) < 4.78 is 10.4. The first-order valence-corrected chi connectivity index (χ1v) is 8.58. The molecule has 1 unspecified atom stereocenters. The summed E-state index contributed by atoms with van der Waals surface area (Å²) in [4.78, 5) is 23.8. The van der Waals surface area contributed by atoms with E-state index in [9.17, 15) is 9.59 Å². The van der Waals surface area contributed by atoms with Crippen LogP contribution >= 0.6 is 11.6 Å². The van der Waals surface area contributed by atoms with E-state index >= 15 is 0 Å². The number of halogens is 1. The normalized spacial score (nSPS) is 11.3. The third-order valence-electron chi connectivity index (χ3n) is 3.71. The lowest BCUT2D eigenvalue weighted by Crippen LogP contribution is -2.32. The molecule has 0 aliphatic rings. The van der Waals surface area contributed by atoms with Crippen molar-refractivity contribution in [2.24, 2.45) is 0 Å². The Kier molecular flexibility index (Phi) is 6.90. The molecule has 0 aromatic heterocycles. The zero-order valence-electron chi connectivity index (χ0n) is 15.6. The van der Waals surface area contributed by atoms with Gasteiger partial charge in [0.15, 0.2) is 0 Å². The molecular formula is C19H22ClN3O4. The molecule has 0 saturated heterocycles. The van der Waals surface area contributed by atoms with Gasteiger partial charge in [-0.2, -0.15) is 0 Å². The predicted molar refractivity (Wildman–Crippen MR) is 107 cm³/mol. The van der Waals surface area contributed by atoms with Gasteiger partial charge in [-0.15, -0.1) is 0 Å². The lowest BCUT2D eigenvalue weighted by atomic mass is 10.2. The highest BCUT2D eigenvalue weighted by Gasteiger charge is 2.16. The summed E-state index contributed by atoms with van der Waals surface area (Å²) in [5.41, 5.74) is 1.69. The number of nitrogens with one attached hydrogen (secondary N) is 3. The van der Waals surface area contributed by atoms with Crippen molar-refractivity contribution in [2.75, 3.05) is 30.2 Å². The van der Waals surface area contributed by atoms with Gasteiger partial charge in [-0.05, 0) is 43.3 Å². The van der Waals surface area contributed by atoms with Crippen LogP contribution in [0.15, 0.2) is 36.4 Å². The highest BCUT2D eigenvalue weighted by molar-refractivity contribution is 6.32. The van der Waals surface area contributed by atoms with Crippen molar-refractivity contribution in [2.45, 2.75) is 19.9 Å². The number of benzene rings is 2. The van der Waals surface area contributed by atoms with Crippen LogP contribution in [-0.4, -0.2) is 32.1 Å². The van der Waals surface area contributed by atoms with Crippen molar-refractivity contribution >= 4 is 40.5 Å². The third kappa shape index (κ3) is 5.52. The topological polar surface area (TPSA) is 88.7 Å². The minimum Gasteiger partial charge on any atom is -0.495 e. The molecule has 1 atom stereocenters. The van der Waals surface area contributed by atoms with Gasteiger partial charge in [0.25, 0.3) is 0 Å². The second-order valence-electron chi connectivity index (χ2n) is 5.80. The van der Waals surface area contributed by atoms with Gasteiger partial charge in [-0.25, -0.2) is 0 Å². The fourth-order valence-electron chi connectivity index (χ4n) is 2.40. The molecule has 0 bridgehead atoms. The number of hydrogen-bond acceptors (Lipinski definition) is 5. The van der Waals surface area contributed by atoms with Crippen LogP contribution in [0.4, 0.5) is 17.1 Å². The van der Waals surface area contributed by atoms with E-state index in [1.807, 2.05) is 0 Å². The Morgan fingerprint density at radius 1 is 0.963 bits per heavy atom. The summed E-state index contributed by atoms with van der Waals surface area (Å²) in [7, 11) is 3.04. The number of anilines is 3. The van der Waals surface area contributed by atoms with Gasteiger partial charge in [0.2, 0.25) is 11.8 Å². The third-order valence-corrected chi connectivity index (χ3v) is 4.00. The number of hydrogen-bond donors (Lipinski definition) is 3. The van der Waals surface area contributed by atoms with Crippen LogP contribution < -0.4 is 25.4 Å². The van der Waals surface area contributed by atoms with E-state index in [2.05, 4.69) is 16.0 Å². The minimum absolute atomic E-state index is 0.205. The van der Waals surface area contributed by atoms with Crippen LogP contribution in [0.25, 0.3) is 0 Å². The molecule has 7 nitrogen and oxygen atoms in total. The van der Waals surface area contributed by atoms with E-state index < -0.39 is 6.04 Å². The average Bonchev–Trinajstić information content (AvgIpc) is 2.61. The molecular weight excluding hydrogens is 370 g/mol. The smallest absolute Gasteiger partial charge is 0.246 e. The fourth-order valence-corrected chi connectivity index (χ4v) is 2.66. The number of amides is 2. The minimum atomic E-state index is -0.552. The summed E-state index contributed by atoms with van der Waals surface area (Å²) >= 11 is 6.10. The maximum absolute atomic E-state index is 12.6. The van der Waals surface area contributed by atoms with Gasteiger partial charge in [-0.1, -0.05) is 11.6 Å². The first kappa shape index (κ1) is 20.4. The van der Waals surface area contributed by atoms with Crippen LogP contribution in [0.5, 0.6) is 11.5 Å². The molecule has 2 amide bonds. The van der Waals surface area contributed by atoms with Gasteiger partial charge in [0, 0.05) is 18.3 Å². The monoisotopic (exact) mass is 391 g/mol. The standard InChI is InChI=1S/C19H22ClN3O4/c1-11(21-13-5-7-17(26-3)15(20)9-13)19(25)23-16-10-14(22-12(2)24)6-8-18(16)27-4/h5-11,21H,1-4H3,(H,22,24)(H,23,25). The SMILES string of the molecule is COc1ccc(NC(C)C(=O)Nc2cc(NC(C)=O)ccc2OC)cc1Cl. The van der Waals surface area contributed by atoms with Crippen molar-refractivity contribution in [3.8, 4) is 11.5 Å². The summed E-state index contributed by atoms with van der Waals surface area (Å²) in [6.45, 7) is 3.13. The first-order chi connectivity index (χ1) is 12.8. The molecule has 2 aromatic rings. The number of rotatable bonds is 7. The Bertz CT molecular complexity index is 842. The average molecular weight is 392 g/mol. The van der Waals surface area contributed by atoms with Gasteiger partial charge >= 0.3 is 0 Å². The second-order valence-corrected chi connectivity index (χ2v) is 6.21. The molecule has 0 aliphatic carbocycles. The van der Waals surface area contributed by atoms with Crippen LogP contribution in [-0.2, 0) is 9.59 Å². The molecule has 0 aliphatic heterocycles. The molecule has 0 fully saturated rings. The van der Waals surface area contributed by atoms with Gasteiger partial charge < -0.3 is 25.4 Å². The Labute approximate surface area is 163 Å². The molecule has 0 heterocycles. The number of ether oxygens (including phenoxy) is 2. The lowest BCUT2D eigenvalue weighted by Gasteiger charge is -2.18. The Balaban J connectivity index is 2.11. The quantitative estimate of drug-likeness (QED) is 0.668. The largest absolute Gasteiger partial charge is 0.495 e. The maximum atomic E-state index is 12.6. The summed E-state index contributed by atoms with van der Waals surface area (Å²) in [6.07, 6.45) is 0. The Hall–Kier alpha value is -2.93. The molecule has 0 spiro atoms. The van der Waals surface area contributed by atoms with E-state index in [0.717, 1.165) is 0 Å². The lowest BCUT2D eigenvalue weighted by molar-refractivity contribution is -0.116. The summed E-state index contributed by atoms with van der Waals surface area (Å²) in [5.74, 6) is 0.556. The highest BCUT2D eigenvalue weighted by atomic mass is 35.5. The molecule has 2 aromatic carbocycles. The van der Waals surface area contributed by atoms with Gasteiger partial charge in [0.05, 0.1) is 24.9 Å². The molecule has 27 heavy (non-hydrogen) atoms. The Morgan fingerprint density at radius 2 is 1.59 bits per heavy atom. The van der Waals surface area contributed by atoms with Gasteiger partial charge in [0.1, 0.15) is 17.5 Å². The van der Waals surface area contributed by atoms with Crippen LogP contribution in [0.3, 0.4) is 0 Å². The van der Waals surface area contributed by atoms with Crippen molar-refractivity contribution < 1.29 is 19.1 Å². The molecule has 0 radical (unpaired) electrons. The van der Waals surface area contributed by atoms with Gasteiger partial charge in [-0.3, -0.25) is 9.59 Å². The van der Waals surface area contributed by atoms with E-state index in [1.165, 1.54) is 21.1 Å². The van der Waals surface area contributed by atoms with E-state index in [0.29, 0.717) is 33.6 Å². The molecule has 0 saturated carbocycles. The van der Waals surface area contributed by atoms with Crippen LogP contribution in [0.2, 0.25) is 5.02 Å². The fraction of sp³-hybridized carbons (Fsp3) is 0.263. The summed E-state index contributed by atoms with van der Waals surface area (Å²) in [5, 5.41) is 8.98. The number of carbonyl (C=O) groups excluding carboxylic acids is 2. The van der Waals surface area contributed by atoms with Crippen LogP contribution in [0, 0.1) is 0 Å². The second kappa shape index (κ2) is 9.14. The zero-order chi connectivity index (χ0) is 20.0. The molecule has 3 N–H and O–H groups in total. The summed E-state index contributed by atoms with van der Waals surface area (Å²) in [6, 6.07) is 9.61. The van der Waals surface area contributed by atoms with Crippen LogP contribution in [0.1, 0.15) is 13.8 Å². The molecule has 144 valence electrons. The van der Waals surface area contributed by atoms with Crippen molar-refractivity contribution in [3.05, 3.63) is 41.4 Å². The predicted octanol–water partition coefficient (Wildman–Crippen LogP) is 3.75. The van der Waals surface area contributed by atoms with Crippen molar-refractivity contribution in [3.63, 3.8) is 0 Å². The van der Waals surface area contributed by atoms with Crippen molar-refractivity contribution in [1.29, 1.82) is 0 Å². The van der Waals surface area contributed by atoms with E-state index in [4.69, 9.17) is 21.1 Å². The highest BCUT2D eigenvalue weighted by Crippen LogP contribution is 2.29. The zero-order valence-corrected chi connectivity index (χ0v) is 16.3. The molecule has 2 rings (SSSR count). The van der Waals surface area contributed by atoms with Crippen molar-refractivity contribution in [1.82, 2.24) is 0 Å². The first-order valence-electron chi connectivity index (χ1n) is 8.20. The Morgan fingerprint density at radius 3 is 2.19 bits per heavy atom. The number of methoxy groups -OCH3 is 2. The molecule has 8 heteroatoms. The maximum Gasteiger partial charge on any atom is 0.246 e.